The van der Waals surface area contributed by atoms with Gasteiger partial charge in [-0.2, -0.15) is 13.2 Å². The molecule has 0 aliphatic carbocycles. The Kier molecular flexibility index (Phi) is 5.14. The second-order valence-electron chi connectivity index (χ2n) is 5.47. The molecule has 0 bridgehead atoms. The largest absolute Gasteiger partial charge is 0.469 e. The molecule has 0 radical (unpaired) electrons. The van der Waals surface area contributed by atoms with E-state index < -0.39 is 48.5 Å². The molecule has 9 heteroatoms. The van der Waals surface area contributed by atoms with Gasteiger partial charge in [0.05, 0.1) is 12.2 Å². The lowest BCUT2D eigenvalue weighted by Gasteiger charge is -2.42. The Bertz CT molecular complexity index is 539. The Morgan fingerprint density at radius 1 is 1.26 bits per heavy atom. The van der Waals surface area contributed by atoms with E-state index in [1.54, 1.807) is 0 Å². The molecule has 0 spiro atoms. The Labute approximate surface area is 130 Å². The summed E-state index contributed by atoms with van der Waals surface area (Å²) >= 11 is 0. The third-order valence-electron chi connectivity index (χ3n) is 3.61. The van der Waals surface area contributed by atoms with Crippen LogP contribution in [0.1, 0.15) is 19.5 Å². The Hall–Kier alpha value is -1.42. The predicted molar refractivity (Wildman–Crippen MR) is 71.7 cm³/mol. The highest BCUT2D eigenvalue weighted by molar-refractivity contribution is 5.18. The molecule has 1 aliphatic rings. The smallest absolute Gasteiger partial charge is 0.433 e. The molecule has 23 heavy (non-hydrogen) atoms. The van der Waals surface area contributed by atoms with E-state index in [1.165, 1.54) is 19.9 Å². The minimum absolute atomic E-state index is 0.389. The van der Waals surface area contributed by atoms with Crippen molar-refractivity contribution in [1.82, 2.24) is 4.98 Å². The van der Waals surface area contributed by atoms with Gasteiger partial charge in [0, 0.05) is 6.07 Å². The van der Waals surface area contributed by atoms with Gasteiger partial charge in [-0.05, 0) is 19.9 Å². The van der Waals surface area contributed by atoms with Gasteiger partial charge in [0.1, 0.15) is 24.0 Å². The fourth-order valence-corrected chi connectivity index (χ4v) is 2.37. The number of pyridine rings is 1. The lowest BCUT2D eigenvalue weighted by Crippen LogP contribution is -2.61. The molecule has 130 valence electrons. The first-order chi connectivity index (χ1) is 10.6. The SMILES string of the molecule is C[C@H](O)[C@H]1O[C@H](C)[C@H](O)[C@H](O)[C@H]1Oc1cccc(C(F)(F)F)n1. The number of hydrogen-bond acceptors (Lipinski definition) is 6. The maximum absolute atomic E-state index is 12.7. The molecule has 1 aliphatic heterocycles. The van der Waals surface area contributed by atoms with Crippen molar-refractivity contribution in [2.45, 2.75) is 56.6 Å². The predicted octanol–water partition coefficient (Wildman–Crippen LogP) is 0.738. The van der Waals surface area contributed by atoms with Crippen LogP contribution in [-0.4, -0.2) is 56.9 Å². The number of nitrogens with zero attached hydrogens (tertiary/aromatic N) is 1. The molecule has 2 rings (SSSR count). The number of halogens is 3. The highest BCUT2D eigenvalue weighted by Crippen LogP contribution is 2.30. The van der Waals surface area contributed by atoms with E-state index in [1.807, 2.05) is 0 Å². The van der Waals surface area contributed by atoms with Gasteiger partial charge in [-0.1, -0.05) is 6.07 Å². The zero-order chi connectivity index (χ0) is 17.4. The highest BCUT2D eigenvalue weighted by Gasteiger charge is 2.46. The van der Waals surface area contributed by atoms with Crippen molar-refractivity contribution in [3.05, 3.63) is 23.9 Å². The fraction of sp³-hybridized carbons (Fsp3) is 0.643. The zero-order valence-electron chi connectivity index (χ0n) is 12.4. The summed E-state index contributed by atoms with van der Waals surface area (Å²) < 4.78 is 48.7. The zero-order valence-corrected chi connectivity index (χ0v) is 12.4. The first-order valence-electron chi connectivity index (χ1n) is 7.02. The number of aliphatic hydroxyl groups excluding tert-OH is 3. The van der Waals surface area contributed by atoms with Gasteiger partial charge in [0.15, 0.2) is 6.10 Å². The number of ether oxygens (including phenoxy) is 2. The van der Waals surface area contributed by atoms with Gasteiger partial charge in [-0.3, -0.25) is 0 Å². The maximum atomic E-state index is 12.7. The summed E-state index contributed by atoms with van der Waals surface area (Å²) in [5.41, 5.74) is -1.15. The quantitative estimate of drug-likeness (QED) is 0.753. The lowest BCUT2D eigenvalue weighted by molar-refractivity contribution is -0.230. The molecule has 1 fully saturated rings. The van der Waals surface area contributed by atoms with Crippen molar-refractivity contribution in [1.29, 1.82) is 0 Å². The van der Waals surface area contributed by atoms with Crippen molar-refractivity contribution in [3.8, 4) is 5.88 Å². The van der Waals surface area contributed by atoms with Gasteiger partial charge in [0.25, 0.3) is 0 Å². The number of aliphatic hydroxyl groups is 3. The molecule has 3 N–H and O–H groups in total. The van der Waals surface area contributed by atoms with Crippen molar-refractivity contribution in [3.63, 3.8) is 0 Å². The van der Waals surface area contributed by atoms with Crippen LogP contribution in [-0.2, 0) is 10.9 Å². The number of alkyl halides is 3. The van der Waals surface area contributed by atoms with E-state index in [-0.39, 0.29) is 5.88 Å². The minimum Gasteiger partial charge on any atom is -0.469 e. The summed E-state index contributed by atoms with van der Waals surface area (Å²) in [5, 5.41) is 29.7. The third-order valence-corrected chi connectivity index (χ3v) is 3.61. The molecule has 0 aromatic carbocycles. The molecule has 0 amide bonds. The molecule has 1 aromatic rings. The highest BCUT2D eigenvalue weighted by atomic mass is 19.4. The van der Waals surface area contributed by atoms with E-state index in [0.717, 1.165) is 12.1 Å². The molecule has 6 nitrogen and oxygen atoms in total. The van der Waals surface area contributed by atoms with E-state index in [9.17, 15) is 28.5 Å². The first-order valence-corrected chi connectivity index (χ1v) is 7.02. The Morgan fingerprint density at radius 3 is 2.48 bits per heavy atom. The van der Waals surface area contributed by atoms with Gasteiger partial charge in [-0.25, -0.2) is 4.98 Å². The third kappa shape index (κ3) is 3.92. The molecular weight excluding hydrogens is 319 g/mol. The van der Waals surface area contributed by atoms with Crippen LogP contribution < -0.4 is 4.74 Å². The average Bonchev–Trinajstić information content (AvgIpc) is 2.47. The standard InChI is InChI=1S/C14H18F3NO5/c1-6(19)12-13(11(21)10(20)7(2)22-12)23-9-5-3-4-8(18-9)14(15,16)17/h3-7,10-13,19-21H,1-2H3/t6-,7+,10-,11-,12+,13+/m0/s1. The van der Waals surface area contributed by atoms with E-state index >= 15 is 0 Å². The van der Waals surface area contributed by atoms with Crippen LogP contribution >= 0.6 is 0 Å². The number of aromatic nitrogens is 1. The summed E-state index contributed by atoms with van der Waals surface area (Å²) in [6.07, 6.45) is -11.5. The molecule has 0 unspecified atom stereocenters. The van der Waals surface area contributed by atoms with Crippen molar-refractivity contribution < 1.29 is 38.0 Å². The van der Waals surface area contributed by atoms with Crippen LogP contribution in [0, 0.1) is 0 Å². The van der Waals surface area contributed by atoms with Crippen LogP contribution in [0.15, 0.2) is 18.2 Å². The van der Waals surface area contributed by atoms with Crippen LogP contribution in [0.5, 0.6) is 5.88 Å². The summed E-state index contributed by atoms with van der Waals surface area (Å²) in [4.78, 5) is 3.33. The monoisotopic (exact) mass is 337 g/mol. The van der Waals surface area contributed by atoms with Crippen LogP contribution in [0.3, 0.4) is 0 Å². The Morgan fingerprint density at radius 2 is 1.91 bits per heavy atom. The molecule has 1 aromatic heterocycles. The van der Waals surface area contributed by atoms with Crippen LogP contribution in [0.2, 0.25) is 0 Å². The van der Waals surface area contributed by atoms with Crippen molar-refractivity contribution in [2.75, 3.05) is 0 Å². The van der Waals surface area contributed by atoms with Crippen molar-refractivity contribution >= 4 is 0 Å². The van der Waals surface area contributed by atoms with E-state index in [2.05, 4.69) is 4.98 Å². The summed E-state index contributed by atoms with van der Waals surface area (Å²) in [7, 11) is 0. The van der Waals surface area contributed by atoms with Crippen LogP contribution in [0.25, 0.3) is 0 Å². The number of hydrogen-bond donors (Lipinski definition) is 3. The topological polar surface area (TPSA) is 92.0 Å². The average molecular weight is 337 g/mol. The van der Waals surface area contributed by atoms with Gasteiger partial charge >= 0.3 is 6.18 Å². The molecule has 2 heterocycles. The van der Waals surface area contributed by atoms with Crippen LogP contribution in [0.4, 0.5) is 13.2 Å². The van der Waals surface area contributed by atoms with Gasteiger partial charge in [0.2, 0.25) is 5.88 Å². The van der Waals surface area contributed by atoms with E-state index in [4.69, 9.17) is 9.47 Å². The second kappa shape index (κ2) is 6.60. The summed E-state index contributed by atoms with van der Waals surface area (Å²) in [5.74, 6) is -0.389. The second-order valence-corrected chi connectivity index (χ2v) is 5.47. The molecular formula is C14H18F3NO5. The summed E-state index contributed by atoms with van der Waals surface area (Å²) in [6.45, 7) is 2.89. The first kappa shape index (κ1) is 17.9. The maximum Gasteiger partial charge on any atom is 0.433 e. The normalized spacial score (nSPS) is 33.3. The summed E-state index contributed by atoms with van der Waals surface area (Å²) in [6, 6.07) is 3.08. The van der Waals surface area contributed by atoms with E-state index in [0.29, 0.717) is 0 Å². The fourth-order valence-electron chi connectivity index (χ4n) is 2.37. The van der Waals surface area contributed by atoms with Gasteiger partial charge < -0.3 is 24.8 Å². The molecule has 1 saturated heterocycles. The van der Waals surface area contributed by atoms with Crippen molar-refractivity contribution in [2.24, 2.45) is 0 Å². The Balaban J connectivity index is 2.25. The number of rotatable bonds is 3. The molecule has 0 saturated carbocycles. The lowest BCUT2D eigenvalue weighted by atomic mass is 9.93. The minimum atomic E-state index is -4.64. The van der Waals surface area contributed by atoms with Gasteiger partial charge in [-0.15, -0.1) is 0 Å². The molecule has 6 atom stereocenters.